The molecular formula is C13H24S. The van der Waals surface area contributed by atoms with E-state index in [9.17, 15) is 0 Å². The van der Waals surface area contributed by atoms with E-state index in [0.717, 1.165) is 12.2 Å². The summed E-state index contributed by atoms with van der Waals surface area (Å²) in [6.07, 6.45) is 1.15. The monoisotopic (exact) mass is 212 g/mol. The molecule has 0 saturated heterocycles. The fourth-order valence-corrected chi connectivity index (χ4v) is 1.01. The molecule has 0 heterocycles. The van der Waals surface area contributed by atoms with Gasteiger partial charge in [-0.15, -0.1) is 0 Å². The van der Waals surface area contributed by atoms with Crippen molar-refractivity contribution in [3.05, 3.63) is 35.4 Å². The normalized spacial score (nSPS) is 7.86. The first-order chi connectivity index (χ1) is 6.76. The van der Waals surface area contributed by atoms with Crippen molar-refractivity contribution >= 4 is 12.6 Å². The lowest BCUT2D eigenvalue weighted by Crippen LogP contribution is -1.82. The number of rotatable bonds is 1. The molecular weight excluding hydrogens is 188 g/mol. The first kappa shape index (κ1) is 16.0. The molecule has 0 fully saturated rings. The predicted octanol–water partition coefficient (Wildman–Crippen LogP) is 4.52. The van der Waals surface area contributed by atoms with Crippen molar-refractivity contribution in [1.82, 2.24) is 0 Å². The van der Waals surface area contributed by atoms with Crippen LogP contribution in [0.2, 0.25) is 0 Å². The van der Waals surface area contributed by atoms with Gasteiger partial charge in [0.05, 0.1) is 0 Å². The van der Waals surface area contributed by atoms with Crippen LogP contribution in [0.1, 0.15) is 38.8 Å². The van der Waals surface area contributed by atoms with E-state index in [1.165, 1.54) is 11.1 Å². The van der Waals surface area contributed by atoms with Crippen molar-refractivity contribution in [2.45, 2.75) is 41.0 Å². The molecule has 0 spiro atoms. The third-order valence-corrected chi connectivity index (χ3v) is 1.64. The molecule has 0 aromatic heterocycles. The number of hydrogen-bond acceptors (Lipinski definition) is 1. The third kappa shape index (κ3) is 8.18. The number of thiol groups is 1. The van der Waals surface area contributed by atoms with Crippen LogP contribution in [0.4, 0.5) is 0 Å². The third-order valence-electron chi connectivity index (χ3n) is 1.64. The van der Waals surface area contributed by atoms with Gasteiger partial charge in [-0.3, -0.25) is 0 Å². The molecule has 0 N–H and O–H groups in total. The van der Waals surface area contributed by atoms with Gasteiger partial charge in [-0.05, 0) is 30.2 Å². The van der Waals surface area contributed by atoms with Crippen molar-refractivity contribution in [2.24, 2.45) is 0 Å². The van der Waals surface area contributed by atoms with Crippen molar-refractivity contribution in [2.75, 3.05) is 5.75 Å². The summed E-state index contributed by atoms with van der Waals surface area (Å²) in [4.78, 5) is 0. The van der Waals surface area contributed by atoms with Crippen molar-refractivity contribution in [3.63, 3.8) is 0 Å². The minimum atomic E-state index is 0.944. The van der Waals surface area contributed by atoms with Crippen LogP contribution in [-0.4, -0.2) is 5.75 Å². The van der Waals surface area contributed by atoms with E-state index in [-0.39, 0.29) is 0 Å². The highest BCUT2D eigenvalue weighted by atomic mass is 32.1. The summed E-state index contributed by atoms with van der Waals surface area (Å²) in [5.74, 6) is 0.944. The molecule has 1 rings (SSSR count). The maximum absolute atomic E-state index is 3.79. The quantitative estimate of drug-likeness (QED) is 0.650. The van der Waals surface area contributed by atoms with Crippen LogP contribution < -0.4 is 0 Å². The van der Waals surface area contributed by atoms with Gasteiger partial charge < -0.3 is 0 Å². The van der Waals surface area contributed by atoms with E-state index in [1.807, 2.05) is 20.8 Å². The fraction of sp³-hybridized carbons (Fsp3) is 0.538. The standard InChI is InChI=1S/C9H12.C2H6S.C2H6/c1-3-9-7-5-4-6-8(9)2;1-2-3;1-2/h4-7H,3H2,1-2H3;3H,2H2,1H3;1-2H3. The molecule has 0 atom stereocenters. The minimum absolute atomic E-state index is 0.944. The molecule has 0 radical (unpaired) electrons. The molecule has 1 aromatic carbocycles. The lowest BCUT2D eigenvalue weighted by atomic mass is 10.1. The van der Waals surface area contributed by atoms with Gasteiger partial charge in [-0.2, -0.15) is 12.6 Å². The van der Waals surface area contributed by atoms with E-state index in [1.54, 1.807) is 0 Å². The van der Waals surface area contributed by atoms with Crippen molar-refractivity contribution in [1.29, 1.82) is 0 Å². The molecule has 0 aliphatic carbocycles. The van der Waals surface area contributed by atoms with Crippen LogP contribution in [0.15, 0.2) is 24.3 Å². The zero-order chi connectivity index (χ0) is 11.4. The van der Waals surface area contributed by atoms with Gasteiger partial charge >= 0.3 is 0 Å². The van der Waals surface area contributed by atoms with Crippen molar-refractivity contribution in [3.8, 4) is 0 Å². The van der Waals surface area contributed by atoms with E-state index in [4.69, 9.17) is 0 Å². The summed E-state index contributed by atoms with van der Waals surface area (Å²) < 4.78 is 0. The van der Waals surface area contributed by atoms with Crippen LogP contribution >= 0.6 is 12.6 Å². The molecule has 82 valence electrons. The predicted molar refractivity (Wildman–Crippen MR) is 71.4 cm³/mol. The highest BCUT2D eigenvalue weighted by Gasteiger charge is 1.89. The largest absolute Gasteiger partial charge is 0.180 e. The average Bonchev–Trinajstić information content (AvgIpc) is 2.23. The smallest absolute Gasteiger partial charge is 0.0126 e. The summed E-state index contributed by atoms with van der Waals surface area (Å²) >= 11 is 3.79. The number of aryl methyl sites for hydroxylation is 2. The Morgan fingerprint density at radius 3 is 1.79 bits per heavy atom. The van der Waals surface area contributed by atoms with E-state index in [2.05, 4.69) is 50.7 Å². The van der Waals surface area contributed by atoms with Crippen molar-refractivity contribution < 1.29 is 0 Å². The van der Waals surface area contributed by atoms with Gasteiger partial charge in [-0.1, -0.05) is 52.0 Å². The highest BCUT2D eigenvalue weighted by Crippen LogP contribution is 2.06. The molecule has 1 aromatic rings. The Balaban J connectivity index is 0. The molecule has 0 aliphatic rings. The first-order valence-electron chi connectivity index (χ1n) is 5.41. The second kappa shape index (κ2) is 12.6. The van der Waals surface area contributed by atoms with Gasteiger partial charge in [0.25, 0.3) is 0 Å². The second-order valence-electron chi connectivity index (χ2n) is 2.60. The molecule has 14 heavy (non-hydrogen) atoms. The maximum atomic E-state index is 3.79. The van der Waals surface area contributed by atoms with Crippen LogP contribution in [0.3, 0.4) is 0 Å². The molecule has 1 heteroatoms. The average molecular weight is 212 g/mol. The molecule has 0 unspecified atom stereocenters. The summed E-state index contributed by atoms with van der Waals surface area (Å²) in [6.45, 7) is 10.3. The van der Waals surface area contributed by atoms with Gasteiger partial charge in [0, 0.05) is 0 Å². The fourth-order valence-electron chi connectivity index (χ4n) is 1.01. The lowest BCUT2D eigenvalue weighted by Gasteiger charge is -1.98. The molecule has 0 aliphatic heterocycles. The molecule has 0 saturated carbocycles. The van der Waals surface area contributed by atoms with Gasteiger partial charge in [0.2, 0.25) is 0 Å². The first-order valence-corrected chi connectivity index (χ1v) is 6.04. The highest BCUT2D eigenvalue weighted by molar-refractivity contribution is 7.80. The van der Waals surface area contributed by atoms with E-state index in [0.29, 0.717) is 0 Å². The van der Waals surface area contributed by atoms with Gasteiger partial charge in [-0.25, -0.2) is 0 Å². The molecule has 0 bridgehead atoms. The topological polar surface area (TPSA) is 0 Å². The van der Waals surface area contributed by atoms with Crippen LogP contribution in [0.5, 0.6) is 0 Å². The Morgan fingerprint density at radius 2 is 1.50 bits per heavy atom. The minimum Gasteiger partial charge on any atom is -0.180 e. The SMILES string of the molecule is CC.CCS.CCc1ccccc1C. The van der Waals surface area contributed by atoms with Gasteiger partial charge in [0.15, 0.2) is 0 Å². The zero-order valence-corrected chi connectivity index (χ0v) is 11.1. The molecule has 0 nitrogen and oxygen atoms in total. The second-order valence-corrected chi connectivity index (χ2v) is 3.23. The summed E-state index contributed by atoms with van der Waals surface area (Å²) in [5, 5.41) is 0. The summed E-state index contributed by atoms with van der Waals surface area (Å²) in [7, 11) is 0. The Labute approximate surface area is 95.2 Å². The van der Waals surface area contributed by atoms with E-state index < -0.39 is 0 Å². The Morgan fingerprint density at radius 1 is 1.07 bits per heavy atom. The number of hydrogen-bond donors (Lipinski definition) is 1. The lowest BCUT2D eigenvalue weighted by molar-refractivity contribution is 1.11. The molecule has 0 amide bonds. The zero-order valence-electron chi connectivity index (χ0n) is 10.2. The number of benzene rings is 1. The summed E-state index contributed by atoms with van der Waals surface area (Å²) in [6, 6.07) is 8.49. The maximum Gasteiger partial charge on any atom is -0.0126 e. The van der Waals surface area contributed by atoms with E-state index >= 15 is 0 Å². The van der Waals surface area contributed by atoms with Gasteiger partial charge in [0.1, 0.15) is 0 Å². The Kier molecular flexibility index (Phi) is 14.4. The van der Waals surface area contributed by atoms with Crippen LogP contribution in [-0.2, 0) is 6.42 Å². The van der Waals surface area contributed by atoms with Crippen LogP contribution in [0.25, 0.3) is 0 Å². The van der Waals surface area contributed by atoms with Crippen LogP contribution in [0, 0.1) is 6.92 Å². The Hall–Kier alpha value is -0.430. The Bertz CT molecular complexity index is 206. The summed E-state index contributed by atoms with van der Waals surface area (Å²) in [5.41, 5.74) is 2.86.